The summed E-state index contributed by atoms with van der Waals surface area (Å²) in [4.78, 5) is 13.0. The van der Waals surface area contributed by atoms with E-state index in [0.29, 0.717) is 30.9 Å². The monoisotopic (exact) mass is 385 g/mol. The first-order valence-electron chi connectivity index (χ1n) is 8.52. The van der Waals surface area contributed by atoms with E-state index in [4.69, 9.17) is 11.6 Å². The molecule has 0 unspecified atom stereocenters. The number of aliphatic hydroxyl groups is 1. The fourth-order valence-electron chi connectivity index (χ4n) is 3.08. The average molecular weight is 386 g/mol. The van der Waals surface area contributed by atoms with Crippen molar-refractivity contribution in [2.45, 2.75) is 19.5 Å². The van der Waals surface area contributed by atoms with Crippen LogP contribution in [0, 0.1) is 5.82 Å². The van der Waals surface area contributed by atoms with Gasteiger partial charge in [0.1, 0.15) is 11.6 Å². The number of hydrogen-bond acceptors (Lipinski definition) is 4. The first-order valence-corrected chi connectivity index (χ1v) is 8.89. The Hall–Kier alpha value is -2.77. The van der Waals surface area contributed by atoms with Crippen LogP contribution >= 0.6 is 11.6 Å². The van der Waals surface area contributed by atoms with Crippen LogP contribution in [-0.4, -0.2) is 35.8 Å². The molecule has 27 heavy (non-hydrogen) atoms. The quantitative estimate of drug-likeness (QED) is 0.551. The molecular weight excluding hydrogens is 369 g/mol. The summed E-state index contributed by atoms with van der Waals surface area (Å²) < 4.78 is 17.8. The van der Waals surface area contributed by atoms with Crippen molar-refractivity contribution in [2.75, 3.05) is 6.61 Å². The summed E-state index contributed by atoms with van der Waals surface area (Å²) in [5.41, 5.74) is 3.06. The molecule has 1 aromatic carbocycles. The van der Waals surface area contributed by atoms with Gasteiger partial charge < -0.3 is 14.2 Å². The van der Waals surface area contributed by atoms with Crippen LogP contribution < -0.4 is 0 Å². The maximum absolute atomic E-state index is 13.9. The van der Waals surface area contributed by atoms with Crippen molar-refractivity contribution in [3.05, 3.63) is 65.7 Å². The lowest BCUT2D eigenvalue weighted by Crippen LogP contribution is -2.04. The number of aryl methyl sites for hydroxylation is 1. The average Bonchev–Trinajstić information content (AvgIpc) is 3.29. The molecule has 0 radical (unpaired) electrons. The molecule has 8 heteroatoms. The molecule has 0 fully saturated rings. The van der Waals surface area contributed by atoms with Crippen LogP contribution in [0.15, 0.2) is 49.3 Å². The molecule has 4 aromatic rings. The first kappa shape index (κ1) is 17.6. The second-order valence-corrected chi connectivity index (χ2v) is 6.64. The molecule has 138 valence electrons. The predicted octanol–water partition coefficient (Wildman–Crippen LogP) is 3.52. The van der Waals surface area contributed by atoms with E-state index in [1.807, 2.05) is 21.4 Å². The number of pyridine rings is 1. The lowest BCUT2D eigenvalue weighted by atomic mass is 10.2. The van der Waals surface area contributed by atoms with Crippen molar-refractivity contribution >= 4 is 22.6 Å². The highest BCUT2D eigenvalue weighted by Crippen LogP contribution is 2.29. The van der Waals surface area contributed by atoms with Crippen LogP contribution in [0.25, 0.3) is 22.4 Å². The molecule has 3 heterocycles. The van der Waals surface area contributed by atoms with Crippen molar-refractivity contribution in [1.29, 1.82) is 0 Å². The van der Waals surface area contributed by atoms with E-state index < -0.39 is 5.82 Å². The Kier molecular flexibility index (Phi) is 4.87. The third-order valence-electron chi connectivity index (χ3n) is 4.31. The zero-order valence-electron chi connectivity index (χ0n) is 14.4. The van der Waals surface area contributed by atoms with E-state index in [1.165, 1.54) is 6.07 Å². The number of imidazole rings is 2. The molecular formula is C19H17ClFN5O. The van der Waals surface area contributed by atoms with Crippen molar-refractivity contribution in [3.63, 3.8) is 0 Å². The third-order valence-corrected chi connectivity index (χ3v) is 4.60. The second-order valence-electron chi connectivity index (χ2n) is 6.24. The van der Waals surface area contributed by atoms with E-state index in [1.54, 1.807) is 31.0 Å². The molecule has 0 amide bonds. The number of hydrogen-bond donors (Lipinski definition) is 1. The number of nitrogens with zero attached hydrogens (tertiary/aromatic N) is 5. The fourth-order valence-corrected chi connectivity index (χ4v) is 3.24. The molecule has 0 aliphatic carbocycles. The molecule has 0 aliphatic rings. The van der Waals surface area contributed by atoms with E-state index in [9.17, 15) is 9.50 Å². The standard InChI is InChI=1S/C19H17ClFN5O/c20-15-7-18-17(8-16(15)21)24-19(26(18)3-1-5-27)14-6-13(9-23-10-14)11-25-4-2-22-12-25/h2,4,6-10,12,27H,1,3,5,11H2. The third kappa shape index (κ3) is 3.56. The molecule has 4 rings (SSSR count). The van der Waals surface area contributed by atoms with Crippen molar-refractivity contribution in [3.8, 4) is 11.4 Å². The van der Waals surface area contributed by atoms with Crippen LogP contribution in [0.2, 0.25) is 5.02 Å². The summed E-state index contributed by atoms with van der Waals surface area (Å²) in [6.45, 7) is 1.22. The SMILES string of the molecule is OCCCn1c(-c2cncc(Cn3ccnc3)c2)nc2cc(F)c(Cl)cc21. The molecule has 0 atom stereocenters. The summed E-state index contributed by atoms with van der Waals surface area (Å²) >= 11 is 5.97. The highest BCUT2D eigenvalue weighted by Gasteiger charge is 2.16. The maximum atomic E-state index is 13.9. The summed E-state index contributed by atoms with van der Waals surface area (Å²) in [6.07, 6.45) is 9.42. The Morgan fingerprint density at radius 3 is 2.81 bits per heavy atom. The number of fused-ring (bicyclic) bond motifs is 1. The Balaban J connectivity index is 1.80. The van der Waals surface area contributed by atoms with Gasteiger partial charge in [0, 0.05) is 49.6 Å². The number of rotatable bonds is 6. The van der Waals surface area contributed by atoms with Crippen molar-refractivity contribution < 1.29 is 9.50 Å². The Bertz CT molecular complexity index is 1080. The number of aromatic nitrogens is 5. The molecule has 0 aliphatic heterocycles. The summed E-state index contributed by atoms with van der Waals surface area (Å²) in [5.74, 6) is 0.162. The van der Waals surface area contributed by atoms with E-state index in [-0.39, 0.29) is 11.6 Å². The minimum Gasteiger partial charge on any atom is -0.396 e. The van der Waals surface area contributed by atoms with Gasteiger partial charge in [0.05, 0.1) is 28.9 Å². The van der Waals surface area contributed by atoms with Crippen molar-refractivity contribution in [2.24, 2.45) is 0 Å². The van der Waals surface area contributed by atoms with Crippen LogP contribution in [0.3, 0.4) is 0 Å². The van der Waals surface area contributed by atoms with Gasteiger partial charge in [-0.25, -0.2) is 14.4 Å². The highest BCUT2D eigenvalue weighted by molar-refractivity contribution is 6.31. The van der Waals surface area contributed by atoms with Gasteiger partial charge in [0.25, 0.3) is 0 Å². The first-order chi connectivity index (χ1) is 13.2. The fraction of sp³-hybridized carbons (Fsp3) is 0.211. The lowest BCUT2D eigenvalue weighted by Gasteiger charge is -2.10. The van der Waals surface area contributed by atoms with E-state index in [0.717, 1.165) is 16.6 Å². The maximum Gasteiger partial charge on any atom is 0.144 e. The van der Waals surface area contributed by atoms with Crippen LogP contribution in [0.4, 0.5) is 4.39 Å². The van der Waals surface area contributed by atoms with Gasteiger partial charge >= 0.3 is 0 Å². The van der Waals surface area contributed by atoms with Gasteiger partial charge in [-0.1, -0.05) is 11.6 Å². The van der Waals surface area contributed by atoms with Crippen LogP contribution in [0.1, 0.15) is 12.0 Å². The largest absolute Gasteiger partial charge is 0.396 e. The van der Waals surface area contributed by atoms with Gasteiger partial charge in [0.15, 0.2) is 0 Å². The molecule has 0 bridgehead atoms. The van der Waals surface area contributed by atoms with Crippen molar-refractivity contribution in [1.82, 2.24) is 24.1 Å². The molecule has 3 aromatic heterocycles. The molecule has 0 saturated heterocycles. The van der Waals surface area contributed by atoms with Gasteiger partial charge in [-0.3, -0.25) is 4.98 Å². The molecule has 0 spiro atoms. The van der Waals surface area contributed by atoms with Crippen LogP contribution in [0.5, 0.6) is 0 Å². The topological polar surface area (TPSA) is 68.8 Å². The predicted molar refractivity (Wildman–Crippen MR) is 101 cm³/mol. The minimum atomic E-state index is -0.505. The minimum absolute atomic E-state index is 0.0474. The second kappa shape index (κ2) is 7.46. The number of aliphatic hydroxyl groups excluding tert-OH is 1. The summed E-state index contributed by atoms with van der Waals surface area (Å²) in [5, 5.41) is 9.29. The van der Waals surface area contributed by atoms with Gasteiger partial charge in [-0.15, -0.1) is 0 Å². The normalized spacial score (nSPS) is 11.4. The summed E-state index contributed by atoms with van der Waals surface area (Å²) in [7, 11) is 0. The zero-order valence-corrected chi connectivity index (χ0v) is 15.1. The smallest absolute Gasteiger partial charge is 0.144 e. The Morgan fingerprint density at radius 2 is 2.04 bits per heavy atom. The highest BCUT2D eigenvalue weighted by atomic mass is 35.5. The Labute approximate surface area is 159 Å². The zero-order chi connectivity index (χ0) is 18.8. The van der Waals surface area contributed by atoms with Crippen LogP contribution in [-0.2, 0) is 13.1 Å². The number of halogens is 2. The molecule has 0 saturated carbocycles. The Morgan fingerprint density at radius 1 is 1.15 bits per heavy atom. The van der Waals surface area contributed by atoms with Gasteiger partial charge in [0.2, 0.25) is 0 Å². The molecule has 6 nitrogen and oxygen atoms in total. The van der Waals surface area contributed by atoms with E-state index in [2.05, 4.69) is 15.0 Å². The lowest BCUT2D eigenvalue weighted by molar-refractivity contribution is 0.281. The summed E-state index contributed by atoms with van der Waals surface area (Å²) in [6, 6.07) is 4.91. The van der Waals surface area contributed by atoms with Gasteiger partial charge in [-0.2, -0.15) is 0 Å². The van der Waals surface area contributed by atoms with Gasteiger partial charge in [-0.05, 0) is 24.1 Å². The molecule has 1 N–H and O–H groups in total. The number of benzene rings is 1. The van der Waals surface area contributed by atoms with E-state index >= 15 is 0 Å².